The summed E-state index contributed by atoms with van der Waals surface area (Å²) < 4.78 is 18.6. The molecule has 14 heteroatoms. The fourth-order valence-electron chi connectivity index (χ4n) is 4.45. The number of nitrogens with one attached hydrogen (secondary N) is 2. The van der Waals surface area contributed by atoms with Crippen molar-refractivity contribution in [2.75, 3.05) is 26.1 Å². The number of methoxy groups -OCH3 is 1. The minimum Gasteiger partial charge on any atom is -0.494 e. The van der Waals surface area contributed by atoms with Crippen LogP contribution in [0.15, 0.2) is 60.8 Å². The molecule has 5 rings (SSSR count). The zero-order chi connectivity index (χ0) is 30.5. The summed E-state index contributed by atoms with van der Waals surface area (Å²) >= 11 is 6.13. The third-order valence-corrected chi connectivity index (χ3v) is 6.51. The summed E-state index contributed by atoms with van der Waals surface area (Å²) in [5.74, 6) is 0.647. The van der Waals surface area contributed by atoms with E-state index in [2.05, 4.69) is 30.9 Å². The third kappa shape index (κ3) is 6.57. The van der Waals surface area contributed by atoms with Gasteiger partial charge in [-0.15, -0.1) is 10.2 Å². The number of primary amides is 1. The van der Waals surface area contributed by atoms with E-state index < -0.39 is 12.0 Å². The highest BCUT2D eigenvalue weighted by Gasteiger charge is 2.20. The van der Waals surface area contributed by atoms with Gasteiger partial charge in [0.25, 0.3) is 5.91 Å². The van der Waals surface area contributed by atoms with Crippen molar-refractivity contribution in [3.63, 3.8) is 0 Å². The molecular formula is C29H27ClN8O5. The predicted molar refractivity (Wildman–Crippen MR) is 160 cm³/mol. The zero-order valence-corrected chi connectivity index (χ0v) is 24.2. The molecule has 3 aromatic heterocycles. The van der Waals surface area contributed by atoms with Gasteiger partial charge in [0, 0.05) is 49.8 Å². The maximum Gasteiger partial charge on any atom is 0.411 e. The van der Waals surface area contributed by atoms with Gasteiger partial charge in [0.2, 0.25) is 5.88 Å². The van der Waals surface area contributed by atoms with E-state index in [0.717, 1.165) is 16.5 Å². The third-order valence-electron chi connectivity index (χ3n) is 6.33. The first kappa shape index (κ1) is 29.1. The van der Waals surface area contributed by atoms with Gasteiger partial charge < -0.3 is 30.6 Å². The van der Waals surface area contributed by atoms with Gasteiger partial charge in [-0.2, -0.15) is 5.10 Å². The van der Waals surface area contributed by atoms with E-state index >= 15 is 0 Å². The van der Waals surface area contributed by atoms with Crippen LogP contribution in [-0.4, -0.2) is 57.7 Å². The molecule has 5 aromatic rings. The molecule has 0 aliphatic carbocycles. The molecule has 3 heterocycles. The lowest BCUT2D eigenvalue weighted by atomic mass is 10.0. The number of pyridine rings is 1. The molecule has 4 N–H and O–H groups in total. The van der Waals surface area contributed by atoms with E-state index in [1.165, 1.54) is 13.1 Å². The fourth-order valence-corrected chi connectivity index (χ4v) is 4.59. The largest absolute Gasteiger partial charge is 0.494 e. The highest BCUT2D eigenvalue weighted by molar-refractivity contribution is 6.29. The van der Waals surface area contributed by atoms with E-state index in [4.69, 9.17) is 31.5 Å². The Kier molecular flexibility index (Phi) is 8.53. The number of rotatable bonds is 10. The topological polar surface area (TPSA) is 168 Å². The Bertz CT molecular complexity index is 1830. The van der Waals surface area contributed by atoms with E-state index in [0.29, 0.717) is 40.5 Å². The van der Waals surface area contributed by atoms with Crippen molar-refractivity contribution in [2.45, 2.75) is 6.42 Å². The molecule has 0 fully saturated rings. The number of nitrogens with zero attached hydrogens (tertiary/aromatic N) is 5. The van der Waals surface area contributed by atoms with Crippen LogP contribution >= 0.6 is 11.6 Å². The summed E-state index contributed by atoms with van der Waals surface area (Å²) in [7, 11) is 4.88. The average Bonchev–Trinajstić information content (AvgIpc) is 3.42. The first-order valence-electron chi connectivity index (χ1n) is 13.0. The number of ether oxygens (including phenoxy) is 3. The number of benzene rings is 2. The number of anilines is 2. The van der Waals surface area contributed by atoms with Crippen LogP contribution in [0.1, 0.15) is 16.1 Å². The molecular weight excluding hydrogens is 576 g/mol. The molecule has 0 aliphatic heterocycles. The van der Waals surface area contributed by atoms with Crippen LogP contribution in [0, 0.1) is 0 Å². The van der Waals surface area contributed by atoms with Crippen LogP contribution in [0.3, 0.4) is 0 Å². The first-order chi connectivity index (χ1) is 20.7. The summed E-state index contributed by atoms with van der Waals surface area (Å²) in [5.41, 5.74) is 8.90. The molecule has 2 aromatic carbocycles. The lowest BCUT2D eigenvalue weighted by molar-refractivity contribution is 0.0958. The summed E-state index contributed by atoms with van der Waals surface area (Å²) in [6.45, 7) is 0.279. The lowest BCUT2D eigenvalue weighted by Crippen LogP contribution is -2.21. The van der Waals surface area contributed by atoms with Crippen molar-refractivity contribution in [2.24, 2.45) is 12.8 Å². The number of carbonyl (C=O) groups excluding carboxylic acids is 2. The Labute approximate surface area is 250 Å². The summed E-state index contributed by atoms with van der Waals surface area (Å²) in [5, 5.41) is 19.0. The van der Waals surface area contributed by atoms with Crippen LogP contribution in [0.4, 0.5) is 16.2 Å². The molecule has 0 saturated heterocycles. The van der Waals surface area contributed by atoms with Crippen molar-refractivity contribution in [1.29, 1.82) is 0 Å². The molecule has 43 heavy (non-hydrogen) atoms. The van der Waals surface area contributed by atoms with Gasteiger partial charge in [-0.1, -0.05) is 23.7 Å². The molecule has 0 saturated carbocycles. The number of aromatic nitrogens is 5. The number of fused-ring (bicyclic) bond motifs is 1. The molecule has 0 bridgehead atoms. The standard InChI is InChI=1S/C29H27ClN8O5/c1-32-28(39)26-20(15-23(30)35-36-26)33-21-14-16(13-18(27(21)41-3)19-9-11-38(2)37-19)10-12-42-22-6-4-5-17-7-8-24(34-25(17)22)43-29(31)40/h4-9,11,13-15H,10,12H2,1-3H3,(H2,31,40)(H,32,39)(H,33,35). The second-order valence-corrected chi connectivity index (χ2v) is 9.62. The Balaban J connectivity index is 1.48. The molecule has 0 aliphatic rings. The normalized spacial score (nSPS) is 10.8. The quantitative estimate of drug-likeness (QED) is 0.210. The Morgan fingerprint density at radius 3 is 2.63 bits per heavy atom. The number of carbonyl (C=O) groups is 2. The smallest absolute Gasteiger partial charge is 0.411 e. The SMILES string of the molecule is CNC(=O)c1nnc(Cl)cc1Nc1cc(CCOc2cccc3ccc(OC(N)=O)nc23)cc(-c2ccn(C)n2)c1OC. The zero-order valence-electron chi connectivity index (χ0n) is 23.4. The number of nitrogens with two attached hydrogens (primary N) is 1. The van der Waals surface area contributed by atoms with Gasteiger partial charge in [-0.05, 0) is 35.9 Å². The summed E-state index contributed by atoms with van der Waals surface area (Å²) in [4.78, 5) is 28.1. The van der Waals surface area contributed by atoms with Gasteiger partial charge in [0.1, 0.15) is 11.3 Å². The maximum absolute atomic E-state index is 12.5. The second kappa shape index (κ2) is 12.6. The number of hydrogen-bond acceptors (Lipinski definition) is 10. The van der Waals surface area contributed by atoms with E-state index in [-0.39, 0.29) is 23.3 Å². The van der Waals surface area contributed by atoms with Crippen LogP contribution < -0.4 is 30.6 Å². The van der Waals surface area contributed by atoms with E-state index in [1.807, 2.05) is 43.6 Å². The van der Waals surface area contributed by atoms with Crippen molar-refractivity contribution in [3.8, 4) is 28.6 Å². The van der Waals surface area contributed by atoms with Gasteiger partial charge in [-0.25, -0.2) is 9.78 Å². The molecule has 13 nitrogen and oxygen atoms in total. The molecule has 0 radical (unpaired) electrons. The Morgan fingerprint density at radius 1 is 1.07 bits per heavy atom. The van der Waals surface area contributed by atoms with Crippen LogP contribution in [-0.2, 0) is 13.5 Å². The number of halogens is 1. The maximum atomic E-state index is 12.5. The molecule has 0 spiro atoms. The van der Waals surface area contributed by atoms with Crippen molar-refractivity contribution in [3.05, 3.63) is 77.2 Å². The fraction of sp³-hybridized carbons (Fsp3) is 0.172. The predicted octanol–water partition coefficient (Wildman–Crippen LogP) is 4.27. The number of para-hydroxylation sites is 1. The van der Waals surface area contributed by atoms with Gasteiger partial charge >= 0.3 is 6.09 Å². The van der Waals surface area contributed by atoms with Crippen LogP contribution in [0.2, 0.25) is 5.15 Å². The van der Waals surface area contributed by atoms with Gasteiger partial charge in [-0.3, -0.25) is 9.48 Å². The van der Waals surface area contributed by atoms with Gasteiger partial charge in [0.05, 0.1) is 30.8 Å². The Hall–Kier alpha value is -5.43. The van der Waals surface area contributed by atoms with Crippen LogP contribution in [0.25, 0.3) is 22.2 Å². The van der Waals surface area contributed by atoms with E-state index in [9.17, 15) is 9.59 Å². The van der Waals surface area contributed by atoms with Crippen molar-refractivity contribution >= 4 is 45.9 Å². The van der Waals surface area contributed by atoms with Crippen molar-refractivity contribution in [1.82, 2.24) is 30.3 Å². The van der Waals surface area contributed by atoms with Crippen molar-refractivity contribution < 1.29 is 23.8 Å². The molecule has 220 valence electrons. The minimum atomic E-state index is -0.954. The number of amides is 2. The minimum absolute atomic E-state index is 0.0604. The first-order valence-corrected chi connectivity index (χ1v) is 13.4. The number of hydrogen-bond donors (Lipinski definition) is 3. The molecule has 2 amide bonds. The second-order valence-electron chi connectivity index (χ2n) is 9.23. The summed E-state index contributed by atoms with van der Waals surface area (Å²) in [6.07, 6.45) is 1.35. The van der Waals surface area contributed by atoms with Crippen LogP contribution in [0.5, 0.6) is 17.4 Å². The molecule has 0 atom stereocenters. The highest BCUT2D eigenvalue weighted by atomic mass is 35.5. The molecule has 0 unspecified atom stereocenters. The van der Waals surface area contributed by atoms with Gasteiger partial charge in [0.15, 0.2) is 16.6 Å². The summed E-state index contributed by atoms with van der Waals surface area (Å²) in [6, 6.07) is 16.1. The monoisotopic (exact) mass is 602 g/mol. The highest BCUT2D eigenvalue weighted by Crippen LogP contribution is 2.39. The number of aryl methyl sites for hydroxylation is 1. The Morgan fingerprint density at radius 2 is 1.91 bits per heavy atom. The lowest BCUT2D eigenvalue weighted by Gasteiger charge is -2.18. The average molecular weight is 603 g/mol. The van der Waals surface area contributed by atoms with E-state index in [1.54, 1.807) is 30.0 Å².